The lowest BCUT2D eigenvalue weighted by Gasteiger charge is -2.26. The van der Waals surface area contributed by atoms with E-state index in [2.05, 4.69) is 0 Å². The van der Waals surface area contributed by atoms with Crippen LogP contribution < -0.4 is 0 Å². The van der Waals surface area contributed by atoms with Gasteiger partial charge in [0.2, 0.25) is 0 Å². The zero-order chi connectivity index (χ0) is 9.80. The van der Waals surface area contributed by atoms with E-state index in [1.165, 1.54) is 25.7 Å². The van der Waals surface area contributed by atoms with Crippen LogP contribution in [-0.4, -0.2) is 37.6 Å². The first-order valence-corrected chi connectivity index (χ1v) is 5.68. The van der Waals surface area contributed by atoms with Gasteiger partial charge in [0.05, 0.1) is 13.2 Å². The Labute approximate surface area is 85.4 Å². The highest BCUT2D eigenvalue weighted by molar-refractivity contribution is 4.73. The minimum atomic E-state index is 0.365. The van der Waals surface area contributed by atoms with E-state index >= 15 is 0 Å². The minimum Gasteiger partial charge on any atom is -0.396 e. The number of ether oxygens (including phenoxy) is 2. The van der Waals surface area contributed by atoms with Crippen LogP contribution in [0, 0.1) is 11.8 Å². The summed E-state index contributed by atoms with van der Waals surface area (Å²) < 4.78 is 10.7. The van der Waals surface area contributed by atoms with Gasteiger partial charge in [-0.3, -0.25) is 0 Å². The summed E-state index contributed by atoms with van der Waals surface area (Å²) in [4.78, 5) is 0. The summed E-state index contributed by atoms with van der Waals surface area (Å²) in [5, 5.41) is 8.99. The molecule has 3 nitrogen and oxygen atoms in total. The standard InChI is InChI=1S/C11H20O3/c12-5-9-1-3-10(4-2-9)6-13-7-11-8-14-11/h9-12H,1-8H2/t9-,10-,11?. The van der Waals surface area contributed by atoms with Gasteiger partial charge >= 0.3 is 0 Å². The molecule has 2 fully saturated rings. The van der Waals surface area contributed by atoms with Gasteiger partial charge in [0.25, 0.3) is 0 Å². The number of hydrogen-bond donors (Lipinski definition) is 1. The van der Waals surface area contributed by atoms with Crippen molar-refractivity contribution in [3.8, 4) is 0 Å². The maximum atomic E-state index is 8.99. The first-order chi connectivity index (χ1) is 6.88. The highest BCUT2D eigenvalue weighted by Gasteiger charge is 2.24. The summed E-state index contributed by atoms with van der Waals surface area (Å²) in [6.07, 6.45) is 5.17. The largest absolute Gasteiger partial charge is 0.396 e. The summed E-state index contributed by atoms with van der Waals surface area (Å²) in [6, 6.07) is 0. The molecule has 1 N–H and O–H groups in total. The molecule has 14 heavy (non-hydrogen) atoms. The first-order valence-electron chi connectivity index (χ1n) is 5.68. The topological polar surface area (TPSA) is 42.0 Å². The van der Waals surface area contributed by atoms with Crippen molar-refractivity contribution >= 4 is 0 Å². The molecule has 1 saturated heterocycles. The van der Waals surface area contributed by atoms with Crippen LogP contribution in [0.3, 0.4) is 0 Å². The van der Waals surface area contributed by atoms with Gasteiger partial charge < -0.3 is 14.6 Å². The molecule has 0 radical (unpaired) electrons. The van der Waals surface area contributed by atoms with Crippen LogP contribution in [0.2, 0.25) is 0 Å². The number of aliphatic hydroxyl groups excluding tert-OH is 1. The van der Waals surface area contributed by atoms with Gasteiger partial charge in [-0.25, -0.2) is 0 Å². The molecule has 0 aromatic carbocycles. The van der Waals surface area contributed by atoms with Crippen molar-refractivity contribution in [3.63, 3.8) is 0 Å². The molecule has 0 bridgehead atoms. The van der Waals surface area contributed by atoms with Crippen LogP contribution in [0.15, 0.2) is 0 Å². The van der Waals surface area contributed by atoms with Crippen molar-refractivity contribution in [1.29, 1.82) is 0 Å². The molecule has 82 valence electrons. The van der Waals surface area contributed by atoms with Crippen LogP contribution >= 0.6 is 0 Å². The summed E-state index contributed by atoms with van der Waals surface area (Å²) in [6.45, 7) is 2.92. The van der Waals surface area contributed by atoms with Crippen molar-refractivity contribution < 1.29 is 14.6 Å². The molecule has 2 rings (SSSR count). The first kappa shape index (κ1) is 10.4. The van der Waals surface area contributed by atoms with Gasteiger partial charge in [0.1, 0.15) is 6.10 Å². The van der Waals surface area contributed by atoms with Crippen LogP contribution in [-0.2, 0) is 9.47 Å². The normalized spacial score (nSPS) is 37.1. The van der Waals surface area contributed by atoms with Crippen molar-refractivity contribution in [2.75, 3.05) is 26.4 Å². The van der Waals surface area contributed by atoms with E-state index in [-0.39, 0.29) is 0 Å². The molecule has 0 amide bonds. The second-order valence-electron chi connectivity index (χ2n) is 4.56. The number of epoxide rings is 1. The number of aliphatic hydroxyl groups is 1. The summed E-state index contributed by atoms with van der Waals surface area (Å²) in [5.41, 5.74) is 0. The lowest BCUT2D eigenvalue weighted by molar-refractivity contribution is 0.0609. The Hall–Kier alpha value is -0.120. The third-order valence-electron chi connectivity index (χ3n) is 3.28. The van der Waals surface area contributed by atoms with E-state index in [0.717, 1.165) is 25.7 Å². The molecular formula is C11H20O3. The third-order valence-corrected chi connectivity index (χ3v) is 3.28. The summed E-state index contributed by atoms with van der Waals surface area (Å²) in [5.74, 6) is 1.27. The fourth-order valence-electron chi connectivity index (χ4n) is 2.11. The van der Waals surface area contributed by atoms with Crippen molar-refractivity contribution in [2.45, 2.75) is 31.8 Å². The highest BCUT2D eigenvalue weighted by atomic mass is 16.6. The predicted octanol–water partition coefficient (Wildman–Crippen LogP) is 1.20. The molecule has 1 unspecified atom stereocenters. The SMILES string of the molecule is OC[C@H]1CC[C@H](COCC2CO2)CC1. The quantitative estimate of drug-likeness (QED) is 0.678. The molecule has 3 heteroatoms. The van der Waals surface area contributed by atoms with Gasteiger partial charge in [-0.05, 0) is 37.5 Å². The molecule has 0 aromatic rings. The fourth-order valence-corrected chi connectivity index (χ4v) is 2.11. The molecule has 1 heterocycles. The van der Waals surface area contributed by atoms with Crippen molar-refractivity contribution in [3.05, 3.63) is 0 Å². The van der Waals surface area contributed by atoms with Gasteiger partial charge in [-0.2, -0.15) is 0 Å². The van der Waals surface area contributed by atoms with Crippen LogP contribution in [0.25, 0.3) is 0 Å². The molecule has 1 saturated carbocycles. The Balaban J connectivity index is 1.53. The van der Waals surface area contributed by atoms with E-state index < -0.39 is 0 Å². The van der Waals surface area contributed by atoms with Crippen molar-refractivity contribution in [2.24, 2.45) is 11.8 Å². The zero-order valence-corrected chi connectivity index (χ0v) is 8.65. The smallest absolute Gasteiger partial charge is 0.104 e. The van der Waals surface area contributed by atoms with Crippen LogP contribution in [0.4, 0.5) is 0 Å². The van der Waals surface area contributed by atoms with Crippen LogP contribution in [0.1, 0.15) is 25.7 Å². The zero-order valence-electron chi connectivity index (χ0n) is 8.65. The van der Waals surface area contributed by atoms with Crippen LogP contribution in [0.5, 0.6) is 0 Å². The monoisotopic (exact) mass is 200 g/mol. The average Bonchev–Trinajstić information content (AvgIpc) is 3.03. The van der Waals surface area contributed by atoms with E-state index in [1.54, 1.807) is 0 Å². The Morgan fingerprint density at radius 3 is 2.29 bits per heavy atom. The Kier molecular flexibility index (Phi) is 3.79. The van der Waals surface area contributed by atoms with Gasteiger partial charge in [0, 0.05) is 13.2 Å². The minimum absolute atomic E-state index is 0.365. The van der Waals surface area contributed by atoms with Gasteiger partial charge in [-0.15, -0.1) is 0 Å². The number of hydrogen-bond acceptors (Lipinski definition) is 3. The summed E-state index contributed by atoms with van der Waals surface area (Å²) in [7, 11) is 0. The highest BCUT2D eigenvalue weighted by Crippen LogP contribution is 2.28. The van der Waals surface area contributed by atoms with Crippen molar-refractivity contribution in [1.82, 2.24) is 0 Å². The second kappa shape index (κ2) is 5.10. The summed E-state index contributed by atoms with van der Waals surface area (Å²) >= 11 is 0. The molecule has 2 aliphatic rings. The molecule has 1 atom stereocenters. The molecule has 1 aliphatic carbocycles. The Morgan fingerprint density at radius 2 is 1.71 bits per heavy atom. The Bertz CT molecular complexity index is 160. The molecule has 0 aromatic heterocycles. The third kappa shape index (κ3) is 3.23. The fraction of sp³-hybridized carbons (Fsp3) is 1.00. The van der Waals surface area contributed by atoms with Gasteiger partial charge in [0.15, 0.2) is 0 Å². The molecule has 0 spiro atoms. The van der Waals surface area contributed by atoms with E-state index in [1.807, 2.05) is 0 Å². The lowest BCUT2D eigenvalue weighted by atomic mass is 9.83. The van der Waals surface area contributed by atoms with E-state index in [9.17, 15) is 0 Å². The lowest BCUT2D eigenvalue weighted by Crippen LogP contribution is -2.21. The molecular weight excluding hydrogens is 180 g/mol. The maximum Gasteiger partial charge on any atom is 0.104 e. The predicted molar refractivity (Wildman–Crippen MR) is 53.1 cm³/mol. The second-order valence-corrected chi connectivity index (χ2v) is 4.56. The van der Waals surface area contributed by atoms with Gasteiger partial charge in [-0.1, -0.05) is 0 Å². The maximum absolute atomic E-state index is 8.99. The molecule has 1 aliphatic heterocycles. The average molecular weight is 200 g/mol. The van der Waals surface area contributed by atoms with E-state index in [0.29, 0.717) is 18.6 Å². The number of rotatable bonds is 5. The Morgan fingerprint density at radius 1 is 1.07 bits per heavy atom. The van der Waals surface area contributed by atoms with E-state index in [4.69, 9.17) is 14.6 Å².